The van der Waals surface area contributed by atoms with Gasteiger partial charge in [-0.1, -0.05) is 11.8 Å². The molecule has 1 aliphatic rings. The van der Waals surface area contributed by atoms with Gasteiger partial charge in [0.1, 0.15) is 6.04 Å². The van der Waals surface area contributed by atoms with Gasteiger partial charge in [0, 0.05) is 26.0 Å². The number of piperidine rings is 1. The number of nitrogens with zero attached hydrogens (tertiary/aromatic N) is 3. The molecule has 0 aliphatic carbocycles. The van der Waals surface area contributed by atoms with Crippen LogP contribution in [0.1, 0.15) is 29.6 Å². The van der Waals surface area contributed by atoms with Crippen molar-refractivity contribution in [3.05, 3.63) is 18.0 Å². The summed E-state index contributed by atoms with van der Waals surface area (Å²) in [6, 6.07) is -0.388. The average Bonchev–Trinajstić information content (AvgIpc) is 2.53. The molecule has 7 heteroatoms. The van der Waals surface area contributed by atoms with E-state index in [2.05, 4.69) is 15.3 Å². The highest BCUT2D eigenvalue weighted by atomic mass is 32.2. The summed E-state index contributed by atoms with van der Waals surface area (Å²) in [7, 11) is 1.59. The molecule has 1 aliphatic heterocycles. The Morgan fingerprint density at radius 3 is 2.65 bits per heavy atom. The van der Waals surface area contributed by atoms with Crippen molar-refractivity contribution in [2.24, 2.45) is 0 Å². The van der Waals surface area contributed by atoms with Crippen LogP contribution >= 0.6 is 11.8 Å². The molecule has 20 heavy (non-hydrogen) atoms. The Kier molecular flexibility index (Phi) is 4.94. The summed E-state index contributed by atoms with van der Waals surface area (Å²) in [4.78, 5) is 34.2. The molecule has 0 unspecified atom stereocenters. The first-order valence-electron chi connectivity index (χ1n) is 6.56. The van der Waals surface area contributed by atoms with Gasteiger partial charge in [0.05, 0.1) is 5.56 Å². The van der Waals surface area contributed by atoms with E-state index in [1.165, 1.54) is 24.2 Å². The van der Waals surface area contributed by atoms with E-state index in [9.17, 15) is 9.59 Å². The predicted molar refractivity (Wildman–Crippen MR) is 76.6 cm³/mol. The Morgan fingerprint density at radius 2 is 2.05 bits per heavy atom. The average molecular weight is 294 g/mol. The van der Waals surface area contributed by atoms with E-state index in [4.69, 9.17) is 0 Å². The van der Waals surface area contributed by atoms with E-state index >= 15 is 0 Å². The SMILES string of the molecule is CNC(=O)[C@H]1CCCCN1C(=O)c1cnc(SC)nc1. The standard InChI is InChI=1S/C13H18N4O2S/c1-14-11(18)10-5-3-4-6-17(10)12(19)9-7-15-13(20-2)16-8-9/h7-8,10H,3-6H2,1-2H3,(H,14,18)/t10-/m1/s1. The normalized spacial score (nSPS) is 18.7. The molecule has 1 aromatic rings. The van der Waals surface area contributed by atoms with Crippen LogP contribution in [0.5, 0.6) is 0 Å². The highest BCUT2D eigenvalue weighted by Crippen LogP contribution is 2.20. The minimum atomic E-state index is -0.388. The monoisotopic (exact) mass is 294 g/mol. The van der Waals surface area contributed by atoms with Crippen molar-refractivity contribution in [2.45, 2.75) is 30.5 Å². The molecule has 0 radical (unpaired) electrons. The van der Waals surface area contributed by atoms with Crippen LogP contribution in [0.15, 0.2) is 17.6 Å². The highest BCUT2D eigenvalue weighted by Gasteiger charge is 2.32. The van der Waals surface area contributed by atoms with E-state index in [0.29, 0.717) is 23.7 Å². The van der Waals surface area contributed by atoms with Crippen LogP contribution in [0.25, 0.3) is 0 Å². The van der Waals surface area contributed by atoms with Gasteiger partial charge in [-0.25, -0.2) is 9.97 Å². The Balaban J connectivity index is 2.18. The quantitative estimate of drug-likeness (QED) is 0.663. The first-order chi connectivity index (χ1) is 9.67. The molecular weight excluding hydrogens is 276 g/mol. The fraction of sp³-hybridized carbons (Fsp3) is 0.538. The molecule has 0 aromatic carbocycles. The molecule has 1 N–H and O–H groups in total. The summed E-state index contributed by atoms with van der Waals surface area (Å²) in [5, 5.41) is 3.25. The van der Waals surface area contributed by atoms with Crippen LogP contribution in [0.2, 0.25) is 0 Å². The van der Waals surface area contributed by atoms with Gasteiger partial charge in [-0.2, -0.15) is 0 Å². The maximum absolute atomic E-state index is 12.5. The number of likely N-dealkylation sites (tertiary alicyclic amines) is 1. The molecule has 1 aromatic heterocycles. The first kappa shape index (κ1) is 14.8. The molecule has 1 atom stereocenters. The molecule has 6 nitrogen and oxygen atoms in total. The zero-order valence-corrected chi connectivity index (χ0v) is 12.4. The van der Waals surface area contributed by atoms with Crippen molar-refractivity contribution in [3.8, 4) is 0 Å². The minimum Gasteiger partial charge on any atom is -0.357 e. The molecule has 1 saturated heterocycles. The van der Waals surface area contributed by atoms with E-state index in [1.54, 1.807) is 11.9 Å². The summed E-state index contributed by atoms with van der Waals surface area (Å²) in [5.74, 6) is -0.286. The van der Waals surface area contributed by atoms with Crippen molar-refractivity contribution in [3.63, 3.8) is 0 Å². The second kappa shape index (κ2) is 6.69. The van der Waals surface area contributed by atoms with Gasteiger partial charge in [-0.05, 0) is 25.5 Å². The predicted octanol–water partition coefficient (Wildman–Crippen LogP) is 0.939. The fourth-order valence-corrected chi connectivity index (χ4v) is 2.63. The van der Waals surface area contributed by atoms with Crippen molar-refractivity contribution in [1.29, 1.82) is 0 Å². The Labute approximate surface area is 122 Å². The van der Waals surface area contributed by atoms with Crippen LogP contribution in [-0.4, -0.2) is 52.6 Å². The largest absolute Gasteiger partial charge is 0.357 e. The number of thioether (sulfide) groups is 1. The van der Waals surface area contributed by atoms with Gasteiger partial charge < -0.3 is 10.2 Å². The number of rotatable bonds is 3. The Bertz CT molecular complexity index is 492. The zero-order chi connectivity index (χ0) is 14.5. The summed E-state index contributed by atoms with van der Waals surface area (Å²) in [5.41, 5.74) is 0.429. The van der Waals surface area contributed by atoms with E-state index in [0.717, 1.165) is 12.8 Å². The zero-order valence-electron chi connectivity index (χ0n) is 11.6. The lowest BCUT2D eigenvalue weighted by Crippen LogP contribution is -2.51. The van der Waals surface area contributed by atoms with Gasteiger partial charge in [0.25, 0.3) is 5.91 Å². The van der Waals surface area contributed by atoms with Crippen LogP contribution < -0.4 is 5.32 Å². The Hall–Kier alpha value is -1.63. The number of amides is 2. The van der Waals surface area contributed by atoms with E-state index < -0.39 is 0 Å². The van der Waals surface area contributed by atoms with Crippen LogP contribution in [-0.2, 0) is 4.79 Å². The van der Waals surface area contributed by atoms with Gasteiger partial charge in [0.15, 0.2) is 5.16 Å². The highest BCUT2D eigenvalue weighted by molar-refractivity contribution is 7.98. The fourth-order valence-electron chi connectivity index (χ4n) is 2.31. The minimum absolute atomic E-state index is 0.111. The van der Waals surface area contributed by atoms with Gasteiger partial charge >= 0.3 is 0 Å². The summed E-state index contributed by atoms with van der Waals surface area (Å²) < 4.78 is 0. The molecule has 0 spiro atoms. The van der Waals surface area contributed by atoms with Crippen molar-refractivity contribution in [2.75, 3.05) is 19.8 Å². The number of carbonyl (C=O) groups excluding carboxylic acids is 2. The van der Waals surface area contributed by atoms with Crippen molar-refractivity contribution < 1.29 is 9.59 Å². The molecule has 108 valence electrons. The van der Waals surface area contributed by atoms with E-state index in [1.807, 2.05) is 6.26 Å². The van der Waals surface area contributed by atoms with Crippen LogP contribution in [0, 0.1) is 0 Å². The maximum Gasteiger partial charge on any atom is 0.257 e. The second-order valence-corrected chi connectivity index (χ2v) is 5.36. The summed E-state index contributed by atoms with van der Waals surface area (Å²) >= 11 is 1.42. The second-order valence-electron chi connectivity index (χ2n) is 4.58. The lowest BCUT2D eigenvalue weighted by molar-refractivity contribution is -0.126. The van der Waals surface area contributed by atoms with Gasteiger partial charge in [-0.3, -0.25) is 9.59 Å². The van der Waals surface area contributed by atoms with Crippen molar-refractivity contribution in [1.82, 2.24) is 20.2 Å². The van der Waals surface area contributed by atoms with Crippen LogP contribution in [0.3, 0.4) is 0 Å². The first-order valence-corrected chi connectivity index (χ1v) is 7.78. The third-order valence-corrected chi connectivity index (χ3v) is 3.95. The molecule has 2 rings (SSSR count). The Morgan fingerprint density at radius 1 is 1.35 bits per heavy atom. The lowest BCUT2D eigenvalue weighted by Gasteiger charge is -2.34. The molecule has 1 fully saturated rings. The van der Waals surface area contributed by atoms with Gasteiger partial charge in [0.2, 0.25) is 5.91 Å². The number of carbonyl (C=O) groups is 2. The smallest absolute Gasteiger partial charge is 0.257 e. The molecule has 0 bridgehead atoms. The number of hydrogen-bond acceptors (Lipinski definition) is 5. The van der Waals surface area contributed by atoms with E-state index in [-0.39, 0.29) is 17.9 Å². The number of nitrogens with one attached hydrogen (secondary N) is 1. The summed E-state index contributed by atoms with van der Waals surface area (Å²) in [6.45, 7) is 0.598. The summed E-state index contributed by atoms with van der Waals surface area (Å²) in [6.07, 6.45) is 7.51. The third kappa shape index (κ3) is 3.09. The van der Waals surface area contributed by atoms with Gasteiger partial charge in [-0.15, -0.1) is 0 Å². The number of likely N-dealkylation sites (N-methyl/N-ethyl adjacent to an activating group) is 1. The number of aromatic nitrogens is 2. The topological polar surface area (TPSA) is 75.2 Å². The lowest BCUT2D eigenvalue weighted by atomic mass is 10.0. The number of hydrogen-bond donors (Lipinski definition) is 1. The maximum atomic E-state index is 12.5. The molecule has 2 heterocycles. The van der Waals surface area contributed by atoms with Crippen molar-refractivity contribution >= 4 is 23.6 Å². The molecule has 0 saturated carbocycles. The molecule has 2 amide bonds. The molecular formula is C13H18N4O2S. The third-order valence-electron chi connectivity index (χ3n) is 3.37. The van der Waals surface area contributed by atoms with Crippen LogP contribution in [0.4, 0.5) is 0 Å².